The summed E-state index contributed by atoms with van der Waals surface area (Å²) < 4.78 is 5.01. The van der Waals surface area contributed by atoms with E-state index >= 15 is 0 Å². The number of anilines is 2. The lowest BCUT2D eigenvalue weighted by Crippen LogP contribution is -2.43. The molecule has 0 bridgehead atoms. The summed E-state index contributed by atoms with van der Waals surface area (Å²) >= 11 is 0. The first kappa shape index (κ1) is 20.2. The van der Waals surface area contributed by atoms with Crippen molar-refractivity contribution in [1.82, 2.24) is 20.5 Å². The first-order valence-electron chi connectivity index (χ1n) is 9.55. The number of benzene rings is 2. The van der Waals surface area contributed by atoms with Crippen molar-refractivity contribution < 1.29 is 19.1 Å². The Labute approximate surface area is 177 Å². The molecule has 0 saturated carbocycles. The van der Waals surface area contributed by atoms with Crippen LogP contribution >= 0.6 is 0 Å². The monoisotopic (exact) mass is 420 g/mol. The standard InChI is InChI=1S/C21H20N6O4/c1-31-11-17-25-19(27-26-17)12-6-8-13(9-7-12)22-18(28)10-16-21(30)23-15-5-3-2-4-14(15)20(29)24-16/h2-9,16H,10-11H2,1H3,(H,22,28)(H,23,30)(H,24,29)(H,25,26,27). The molecule has 10 heteroatoms. The van der Waals surface area contributed by atoms with Crippen LogP contribution in [0.25, 0.3) is 11.4 Å². The number of nitrogens with one attached hydrogen (secondary N) is 4. The van der Waals surface area contributed by atoms with Gasteiger partial charge in [0.25, 0.3) is 5.91 Å². The summed E-state index contributed by atoms with van der Waals surface area (Å²) in [7, 11) is 1.57. The van der Waals surface area contributed by atoms with Crippen molar-refractivity contribution in [2.24, 2.45) is 0 Å². The van der Waals surface area contributed by atoms with Gasteiger partial charge in [-0.15, -0.1) is 0 Å². The zero-order chi connectivity index (χ0) is 21.8. The van der Waals surface area contributed by atoms with E-state index < -0.39 is 23.8 Å². The predicted molar refractivity (Wildman–Crippen MR) is 112 cm³/mol. The third-order valence-electron chi connectivity index (χ3n) is 4.68. The largest absolute Gasteiger partial charge is 0.377 e. The maximum absolute atomic E-state index is 12.5. The van der Waals surface area contributed by atoms with Crippen LogP contribution in [-0.4, -0.2) is 46.1 Å². The number of nitrogens with zero attached hydrogens (tertiary/aromatic N) is 2. The molecule has 0 spiro atoms. The minimum absolute atomic E-state index is 0.200. The third kappa shape index (κ3) is 4.59. The van der Waals surface area contributed by atoms with Crippen molar-refractivity contribution in [2.45, 2.75) is 19.1 Å². The number of aromatic amines is 1. The molecule has 2 heterocycles. The molecule has 1 aliphatic heterocycles. The molecule has 2 aromatic carbocycles. The molecule has 4 rings (SSSR count). The first-order valence-corrected chi connectivity index (χ1v) is 9.55. The Morgan fingerprint density at radius 1 is 1.13 bits per heavy atom. The Kier molecular flexibility index (Phi) is 5.72. The van der Waals surface area contributed by atoms with Gasteiger partial charge in [-0.3, -0.25) is 19.5 Å². The van der Waals surface area contributed by atoms with Gasteiger partial charge in [0.1, 0.15) is 12.6 Å². The zero-order valence-corrected chi connectivity index (χ0v) is 16.6. The predicted octanol–water partition coefficient (Wildman–Crippen LogP) is 1.70. The van der Waals surface area contributed by atoms with Crippen molar-refractivity contribution in [3.05, 3.63) is 59.9 Å². The average Bonchev–Trinajstić information content (AvgIpc) is 3.18. The molecule has 0 aliphatic carbocycles. The number of amides is 3. The second-order valence-corrected chi connectivity index (χ2v) is 6.93. The van der Waals surface area contributed by atoms with Crippen LogP contribution in [-0.2, 0) is 20.9 Å². The van der Waals surface area contributed by atoms with E-state index in [4.69, 9.17) is 4.74 Å². The summed E-state index contributed by atoms with van der Waals surface area (Å²) in [6.07, 6.45) is -0.200. The van der Waals surface area contributed by atoms with Crippen LogP contribution in [0.5, 0.6) is 0 Å². The smallest absolute Gasteiger partial charge is 0.254 e. The summed E-state index contributed by atoms with van der Waals surface area (Å²) in [6, 6.07) is 12.7. The molecule has 158 valence electrons. The summed E-state index contributed by atoms with van der Waals surface area (Å²) in [5.41, 5.74) is 2.09. The number of rotatable bonds is 6. The van der Waals surface area contributed by atoms with Crippen molar-refractivity contribution >= 4 is 29.1 Å². The highest BCUT2D eigenvalue weighted by atomic mass is 16.5. The van der Waals surface area contributed by atoms with E-state index in [-0.39, 0.29) is 6.42 Å². The van der Waals surface area contributed by atoms with Gasteiger partial charge in [0.2, 0.25) is 11.8 Å². The number of carbonyl (C=O) groups excluding carboxylic acids is 3. The van der Waals surface area contributed by atoms with Crippen LogP contribution in [0, 0.1) is 0 Å². The third-order valence-corrected chi connectivity index (χ3v) is 4.68. The van der Waals surface area contributed by atoms with Crippen LogP contribution < -0.4 is 16.0 Å². The first-order chi connectivity index (χ1) is 15.0. The molecule has 1 aliphatic rings. The van der Waals surface area contributed by atoms with Crippen molar-refractivity contribution in [3.8, 4) is 11.4 Å². The lowest BCUT2D eigenvalue weighted by atomic mass is 10.1. The van der Waals surface area contributed by atoms with Crippen molar-refractivity contribution in [1.29, 1.82) is 0 Å². The van der Waals surface area contributed by atoms with Gasteiger partial charge < -0.3 is 20.7 Å². The van der Waals surface area contributed by atoms with Gasteiger partial charge in [-0.05, 0) is 36.4 Å². The minimum atomic E-state index is -0.980. The Morgan fingerprint density at radius 2 is 1.90 bits per heavy atom. The summed E-state index contributed by atoms with van der Waals surface area (Å²) in [6.45, 7) is 0.331. The quantitative estimate of drug-likeness (QED) is 0.479. The molecule has 0 fully saturated rings. The van der Waals surface area contributed by atoms with E-state index in [0.717, 1.165) is 5.56 Å². The Morgan fingerprint density at radius 3 is 2.68 bits per heavy atom. The highest BCUT2D eigenvalue weighted by molar-refractivity contribution is 6.11. The van der Waals surface area contributed by atoms with Gasteiger partial charge in [-0.2, -0.15) is 5.10 Å². The average molecular weight is 420 g/mol. The number of ether oxygens (including phenoxy) is 1. The van der Waals surface area contributed by atoms with Gasteiger partial charge in [-0.1, -0.05) is 12.1 Å². The summed E-state index contributed by atoms with van der Waals surface area (Å²) in [4.78, 5) is 41.6. The van der Waals surface area contributed by atoms with E-state index in [2.05, 4.69) is 31.1 Å². The molecule has 3 amide bonds. The highest BCUT2D eigenvalue weighted by Crippen LogP contribution is 2.20. The SMILES string of the molecule is COCc1nc(-c2ccc(NC(=O)CC3NC(=O)c4ccccc4NC3=O)cc2)n[nH]1. The Bertz CT molecular complexity index is 1120. The van der Waals surface area contributed by atoms with Gasteiger partial charge >= 0.3 is 0 Å². The molecule has 4 N–H and O–H groups in total. The molecule has 0 radical (unpaired) electrons. The van der Waals surface area contributed by atoms with E-state index in [1.165, 1.54) is 0 Å². The van der Waals surface area contributed by atoms with Gasteiger partial charge in [0.05, 0.1) is 17.7 Å². The molecule has 1 aromatic heterocycles. The lowest BCUT2D eigenvalue weighted by Gasteiger charge is -2.14. The van der Waals surface area contributed by atoms with Gasteiger partial charge in [0.15, 0.2) is 11.6 Å². The van der Waals surface area contributed by atoms with E-state index in [9.17, 15) is 14.4 Å². The fourth-order valence-corrected chi connectivity index (χ4v) is 3.18. The molecular formula is C21H20N6O4. The summed E-state index contributed by atoms with van der Waals surface area (Å²) in [5, 5.41) is 14.9. The number of fused-ring (bicyclic) bond motifs is 1. The molecule has 10 nitrogen and oxygen atoms in total. The number of hydrogen-bond donors (Lipinski definition) is 4. The lowest BCUT2D eigenvalue weighted by molar-refractivity contribution is -0.122. The number of H-pyrrole nitrogens is 1. The van der Waals surface area contributed by atoms with E-state index in [0.29, 0.717) is 35.2 Å². The fourth-order valence-electron chi connectivity index (χ4n) is 3.18. The Hall–Kier alpha value is -4.05. The van der Waals surface area contributed by atoms with Crippen LogP contribution in [0.2, 0.25) is 0 Å². The molecular weight excluding hydrogens is 400 g/mol. The number of para-hydroxylation sites is 1. The number of hydrogen-bond acceptors (Lipinski definition) is 6. The van der Waals surface area contributed by atoms with E-state index in [1.807, 2.05) is 0 Å². The number of carbonyl (C=O) groups is 3. The highest BCUT2D eigenvalue weighted by Gasteiger charge is 2.29. The zero-order valence-electron chi connectivity index (χ0n) is 16.6. The minimum Gasteiger partial charge on any atom is -0.377 e. The molecule has 1 atom stereocenters. The molecule has 31 heavy (non-hydrogen) atoms. The van der Waals surface area contributed by atoms with Crippen molar-refractivity contribution in [2.75, 3.05) is 17.7 Å². The topological polar surface area (TPSA) is 138 Å². The van der Waals surface area contributed by atoms with Gasteiger partial charge in [0, 0.05) is 18.4 Å². The van der Waals surface area contributed by atoms with E-state index in [1.54, 1.807) is 55.6 Å². The number of methoxy groups -OCH3 is 1. The fraction of sp³-hybridized carbons (Fsp3) is 0.190. The normalized spacial score (nSPS) is 15.5. The maximum atomic E-state index is 12.5. The maximum Gasteiger partial charge on any atom is 0.254 e. The number of aromatic nitrogens is 3. The van der Waals surface area contributed by atoms with Gasteiger partial charge in [-0.25, -0.2) is 4.98 Å². The van der Waals surface area contributed by atoms with Crippen LogP contribution in [0.4, 0.5) is 11.4 Å². The van der Waals surface area contributed by atoms with Crippen LogP contribution in [0.15, 0.2) is 48.5 Å². The van der Waals surface area contributed by atoms with Crippen molar-refractivity contribution in [3.63, 3.8) is 0 Å². The van der Waals surface area contributed by atoms with Crippen LogP contribution in [0.1, 0.15) is 22.6 Å². The Balaban J connectivity index is 1.38. The molecule has 1 unspecified atom stereocenters. The van der Waals surface area contributed by atoms with Crippen LogP contribution in [0.3, 0.4) is 0 Å². The second kappa shape index (κ2) is 8.76. The summed E-state index contributed by atoms with van der Waals surface area (Å²) in [5.74, 6) is -0.127. The molecule has 0 saturated heterocycles. The molecule has 3 aromatic rings. The second-order valence-electron chi connectivity index (χ2n) is 6.93.